The number of nitrogens with zero attached hydrogens (tertiary/aromatic N) is 3. The minimum Gasteiger partial charge on any atom is -0.324 e. The highest BCUT2D eigenvalue weighted by Crippen LogP contribution is 2.40. The molecule has 1 heterocycles. The van der Waals surface area contributed by atoms with Crippen LogP contribution in [0.25, 0.3) is 0 Å². The fourth-order valence-corrected chi connectivity index (χ4v) is 3.88. The number of carbonyl (C=O) groups is 1. The molecule has 1 aliphatic rings. The van der Waals surface area contributed by atoms with Crippen LogP contribution in [0.1, 0.15) is 37.9 Å². The van der Waals surface area contributed by atoms with Crippen molar-refractivity contribution in [1.29, 1.82) is 0 Å². The van der Waals surface area contributed by atoms with Crippen molar-refractivity contribution in [3.05, 3.63) is 33.5 Å². The van der Waals surface area contributed by atoms with E-state index in [1.54, 1.807) is 12.1 Å². The molecular weight excluding hydrogens is 412 g/mol. The first-order valence-electron chi connectivity index (χ1n) is 7.89. The molecule has 24 heavy (non-hydrogen) atoms. The highest BCUT2D eigenvalue weighted by atomic mass is 79.9. The van der Waals surface area contributed by atoms with Gasteiger partial charge < -0.3 is 9.88 Å². The number of nitrogens with one attached hydrogen (secondary N) is 1. The van der Waals surface area contributed by atoms with E-state index in [1.165, 1.54) is 24.6 Å². The Morgan fingerprint density at radius 2 is 2.25 bits per heavy atom. The van der Waals surface area contributed by atoms with Crippen molar-refractivity contribution in [2.24, 2.45) is 0 Å². The van der Waals surface area contributed by atoms with Crippen molar-refractivity contribution in [2.75, 3.05) is 11.1 Å². The summed E-state index contributed by atoms with van der Waals surface area (Å²) in [5.74, 6) is 1.78. The van der Waals surface area contributed by atoms with E-state index < -0.39 is 0 Å². The van der Waals surface area contributed by atoms with Crippen LogP contribution in [-0.2, 0) is 11.3 Å². The molecule has 1 aliphatic carbocycles. The molecule has 1 N–H and O–H groups in total. The average molecular weight is 430 g/mol. The van der Waals surface area contributed by atoms with Crippen molar-refractivity contribution in [3.63, 3.8) is 0 Å². The molecule has 0 aliphatic heterocycles. The van der Waals surface area contributed by atoms with Gasteiger partial charge in [0, 0.05) is 16.9 Å². The van der Waals surface area contributed by atoms with E-state index in [0.29, 0.717) is 16.6 Å². The number of hydrogen-bond donors (Lipinski definition) is 1. The zero-order chi connectivity index (χ0) is 17.1. The second-order valence-corrected chi connectivity index (χ2v) is 7.99. The van der Waals surface area contributed by atoms with Crippen LogP contribution in [0.2, 0.25) is 5.02 Å². The third-order valence-corrected chi connectivity index (χ3v) is 5.45. The first-order valence-corrected chi connectivity index (χ1v) is 10.0. The Bertz CT molecular complexity index is 748. The molecule has 2 aromatic rings. The van der Waals surface area contributed by atoms with Gasteiger partial charge in [-0.25, -0.2) is 0 Å². The Hall–Kier alpha value is -1.05. The van der Waals surface area contributed by atoms with Gasteiger partial charge in [-0.05, 0) is 37.5 Å². The number of halogens is 2. The molecule has 8 heteroatoms. The Balaban J connectivity index is 1.61. The molecule has 0 spiro atoms. The Kier molecular flexibility index (Phi) is 5.84. The Morgan fingerprint density at radius 3 is 2.92 bits per heavy atom. The molecule has 0 bridgehead atoms. The molecule has 1 saturated carbocycles. The van der Waals surface area contributed by atoms with Crippen LogP contribution in [0.15, 0.2) is 27.8 Å². The van der Waals surface area contributed by atoms with Crippen molar-refractivity contribution in [1.82, 2.24) is 14.8 Å². The SMILES string of the molecule is CCCn1c(SCC(=O)Nc2ccc(Br)cc2Cl)nnc1C1CC1. The van der Waals surface area contributed by atoms with Gasteiger partial charge in [0.25, 0.3) is 0 Å². The van der Waals surface area contributed by atoms with E-state index in [0.717, 1.165) is 28.4 Å². The maximum absolute atomic E-state index is 12.2. The van der Waals surface area contributed by atoms with Gasteiger partial charge in [0.1, 0.15) is 5.82 Å². The number of carbonyl (C=O) groups excluding carboxylic acids is 1. The molecule has 128 valence electrons. The summed E-state index contributed by atoms with van der Waals surface area (Å²) in [7, 11) is 0. The third-order valence-electron chi connectivity index (χ3n) is 3.67. The lowest BCUT2D eigenvalue weighted by molar-refractivity contribution is -0.113. The molecule has 0 radical (unpaired) electrons. The highest BCUT2D eigenvalue weighted by molar-refractivity contribution is 9.10. The molecule has 1 aromatic heterocycles. The number of benzene rings is 1. The molecule has 0 unspecified atom stereocenters. The van der Waals surface area contributed by atoms with Crippen LogP contribution in [0.5, 0.6) is 0 Å². The average Bonchev–Trinajstić information content (AvgIpc) is 3.31. The Labute approximate surface area is 158 Å². The number of rotatable bonds is 7. The second kappa shape index (κ2) is 7.89. The fourth-order valence-electron chi connectivity index (χ4n) is 2.39. The Morgan fingerprint density at radius 1 is 1.46 bits per heavy atom. The smallest absolute Gasteiger partial charge is 0.234 e. The monoisotopic (exact) mass is 428 g/mol. The van der Waals surface area contributed by atoms with Gasteiger partial charge in [-0.3, -0.25) is 4.79 Å². The standard InChI is InChI=1S/C16H18BrClN4OS/c1-2-7-22-15(10-3-4-10)20-21-16(22)24-9-14(23)19-13-6-5-11(17)8-12(13)18/h5-6,8,10H,2-4,7,9H2,1H3,(H,19,23). The summed E-state index contributed by atoms with van der Waals surface area (Å²) in [4.78, 5) is 12.2. The summed E-state index contributed by atoms with van der Waals surface area (Å²) < 4.78 is 3.03. The second-order valence-electron chi connectivity index (χ2n) is 5.73. The molecule has 0 saturated heterocycles. The van der Waals surface area contributed by atoms with Crippen molar-refractivity contribution in [3.8, 4) is 0 Å². The zero-order valence-corrected chi connectivity index (χ0v) is 16.4. The molecule has 5 nitrogen and oxygen atoms in total. The molecule has 1 aromatic carbocycles. The van der Waals surface area contributed by atoms with E-state index in [1.807, 2.05) is 6.07 Å². The largest absolute Gasteiger partial charge is 0.324 e. The van der Waals surface area contributed by atoms with Crippen LogP contribution in [0.4, 0.5) is 5.69 Å². The molecule has 1 amide bonds. The van der Waals surface area contributed by atoms with Crippen LogP contribution in [0.3, 0.4) is 0 Å². The summed E-state index contributed by atoms with van der Waals surface area (Å²) in [6, 6.07) is 5.37. The van der Waals surface area contributed by atoms with E-state index >= 15 is 0 Å². The van der Waals surface area contributed by atoms with E-state index in [4.69, 9.17) is 11.6 Å². The van der Waals surface area contributed by atoms with Crippen LogP contribution < -0.4 is 5.32 Å². The predicted octanol–water partition coefficient (Wildman–Crippen LogP) is 4.71. The number of anilines is 1. The number of hydrogen-bond acceptors (Lipinski definition) is 4. The van der Waals surface area contributed by atoms with Gasteiger partial charge in [0.05, 0.1) is 16.5 Å². The molecular formula is C16H18BrClN4OS. The molecule has 1 fully saturated rings. The minimum atomic E-state index is -0.108. The van der Waals surface area contributed by atoms with E-state index in [2.05, 4.69) is 42.9 Å². The van der Waals surface area contributed by atoms with Gasteiger partial charge in [-0.2, -0.15) is 0 Å². The van der Waals surface area contributed by atoms with Crippen LogP contribution in [0, 0.1) is 0 Å². The van der Waals surface area contributed by atoms with Gasteiger partial charge in [0.15, 0.2) is 5.16 Å². The minimum absolute atomic E-state index is 0.108. The predicted molar refractivity (Wildman–Crippen MR) is 101 cm³/mol. The summed E-state index contributed by atoms with van der Waals surface area (Å²) in [5.41, 5.74) is 0.610. The fraction of sp³-hybridized carbons (Fsp3) is 0.438. The van der Waals surface area contributed by atoms with Crippen LogP contribution >= 0.6 is 39.3 Å². The van der Waals surface area contributed by atoms with Crippen molar-refractivity contribution in [2.45, 2.75) is 43.8 Å². The third kappa shape index (κ3) is 4.32. The summed E-state index contributed by atoms with van der Waals surface area (Å²) in [6.07, 6.45) is 3.40. The zero-order valence-electron chi connectivity index (χ0n) is 13.3. The number of amides is 1. The van der Waals surface area contributed by atoms with Gasteiger partial charge in [0.2, 0.25) is 5.91 Å². The first-order chi connectivity index (χ1) is 11.6. The topological polar surface area (TPSA) is 59.8 Å². The lowest BCUT2D eigenvalue weighted by Gasteiger charge is -2.09. The lowest BCUT2D eigenvalue weighted by Crippen LogP contribution is -2.15. The maximum Gasteiger partial charge on any atom is 0.234 e. The first kappa shape index (κ1) is 17.8. The van der Waals surface area contributed by atoms with Gasteiger partial charge in [-0.1, -0.05) is 46.2 Å². The summed E-state index contributed by atoms with van der Waals surface area (Å²) in [6.45, 7) is 3.02. The quantitative estimate of drug-likeness (QED) is 0.647. The number of thioether (sulfide) groups is 1. The van der Waals surface area contributed by atoms with Crippen LogP contribution in [-0.4, -0.2) is 26.4 Å². The van der Waals surface area contributed by atoms with E-state index in [9.17, 15) is 4.79 Å². The summed E-state index contributed by atoms with van der Waals surface area (Å²) in [5, 5.41) is 12.7. The number of aromatic nitrogens is 3. The van der Waals surface area contributed by atoms with Crippen molar-refractivity contribution < 1.29 is 4.79 Å². The lowest BCUT2D eigenvalue weighted by atomic mass is 10.3. The maximum atomic E-state index is 12.2. The summed E-state index contributed by atoms with van der Waals surface area (Å²) >= 11 is 10.9. The van der Waals surface area contributed by atoms with Gasteiger partial charge in [-0.15, -0.1) is 10.2 Å². The van der Waals surface area contributed by atoms with E-state index in [-0.39, 0.29) is 11.7 Å². The molecule has 3 rings (SSSR count). The normalized spacial score (nSPS) is 14.0. The van der Waals surface area contributed by atoms with Gasteiger partial charge >= 0.3 is 0 Å². The highest BCUT2D eigenvalue weighted by Gasteiger charge is 2.30. The molecule has 0 atom stereocenters. The van der Waals surface area contributed by atoms with Crippen molar-refractivity contribution >= 4 is 50.9 Å².